The zero-order valence-electron chi connectivity index (χ0n) is 21.8. The molecule has 1 saturated heterocycles. The number of phenols is 1. The molecule has 4 unspecified atom stereocenters. The van der Waals surface area contributed by atoms with Crippen molar-refractivity contribution in [2.75, 3.05) is 13.1 Å². The Kier molecular flexibility index (Phi) is 7.12. The van der Waals surface area contributed by atoms with Gasteiger partial charge in [0, 0.05) is 24.8 Å². The molecule has 2 heterocycles. The number of nitrogens with zero attached hydrogens (tertiary/aromatic N) is 1. The van der Waals surface area contributed by atoms with Crippen LogP contribution in [0.4, 0.5) is 0 Å². The molecule has 0 spiro atoms. The van der Waals surface area contributed by atoms with Crippen molar-refractivity contribution in [3.05, 3.63) is 62.6 Å². The van der Waals surface area contributed by atoms with Crippen molar-refractivity contribution in [1.82, 2.24) is 15.2 Å². The minimum atomic E-state index is -0.849. The van der Waals surface area contributed by atoms with Crippen LogP contribution < -0.4 is 16.6 Å². The minimum Gasteiger partial charge on any atom is -0.508 e. The Bertz CT molecular complexity index is 1250. The number of carbonyl (C=O) groups excluding carboxylic acids is 2. The number of hydrogen-bond donors (Lipinski definition) is 4. The van der Waals surface area contributed by atoms with Gasteiger partial charge in [0.05, 0.1) is 0 Å². The van der Waals surface area contributed by atoms with E-state index in [1.165, 1.54) is 37.4 Å². The number of aryl methyl sites for hydroxylation is 3. The number of phenolic OH excluding ortho intramolecular Hbond substituents is 1. The lowest BCUT2D eigenvalue weighted by atomic mass is 9.70. The van der Waals surface area contributed by atoms with E-state index in [-0.39, 0.29) is 5.56 Å². The topological polar surface area (TPSA) is 129 Å². The molecule has 2 aromatic rings. The molecule has 0 bridgehead atoms. The highest BCUT2D eigenvalue weighted by Gasteiger charge is 2.45. The van der Waals surface area contributed by atoms with Crippen molar-refractivity contribution in [3.8, 4) is 5.75 Å². The standard InChI is InChI=1S/C29H38N4O4/c1-16-3-9-23(34)12-19(16)6-7-21-15-33(14-18-4-5-18)26(21)20-8-10-25-22(11-20)13-24(29(37)32-25)28(36)31-17(2)27(30)35/h3,9,12-13,17-18,20-21,26,34H,4-8,10-11,14-15H2,1-2H3,(H2,30,35)(H,31,36)(H,32,37). The van der Waals surface area contributed by atoms with Crippen LogP contribution in [0, 0.1) is 24.7 Å². The molecule has 1 saturated carbocycles. The first-order chi connectivity index (χ1) is 17.7. The van der Waals surface area contributed by atoms with Gasteiger partial charge in [0.15, 0.2) is 0 Å². The summed E-state index contributed by atoms with van der Waals surface area (Å²) >= 11 is 0. The van der Waals surface area contributed by atoms with Crippen molar-refractivity contribution >= 4 is 11.8 Å². The molecule has 198 valence electrons. The zero-order valence-corrected chi connectivity index (χ0v) is 21.8. The van der Waals surface area contributed by atoms with Crippen LogP contribution in [-0.4, -0.2) is 52.0 Å². The molecule has 4 atom stereocenters. The van der Waals surface area contributed by atoms with E-state index in [2.05, 4.69) is 22.1 Å². The number of rotatable bonds is 9. The van der Waals surface area contributed by atoms with Gasteiger partial charge in [-0.25, -0.2) is 0 Å². The fourth-order valence-electron chi connectivity index (χ4n) is 6.27. The second kappa shape index (κ2) is 10.3. The zero-order chi connectivity index (χ0) is 26.3. The number of aromatic hydroxyl groups is 1. The van der Waals surface area contributed by atoms with Crippen molar-refractivity contribution < 1.29 is 14.7 Å². The number of pyridine rings is 1. The van der Waals surface area contributed by atoms with Gasteiger partial charge in [0.2, 0.25) is 5.91 Å². The third-order valence-corrected chi connectivity index (χ3v) is 8.64. The van der Waals surface area contributed by atoms with Gasteiger partial charge in [-0.3, -0.25) is 19.3 Å². The predicted octanol–water partition coefficient (Wildman–Crippen LogP) is 2.44. The molecule has 0 radical (unpaired) electrons. The maximum Gasteiger partial charge on any atom is 0.261 e. The minimum absolute atomic E-state index is 0.0341. The first-order valence-corrected chi connectivity index (χ1v) is 13.6. The summed E-state index contributed by atoms with van der Waals surface area (Å²) in [6, 6.07) is 6.99. The Morgan fingerprint density at radius 1 is 1.24 bits per heavy atom. The summed E-state index contributed by atoms with van der Waals surface area (Å²) in [6.45, 7) is 5.89. The molecule has 5 N–H and O–H groups in total. The van der Waals surface area contributed by atoms with E-state index in [0.29, 0.717) is 23.6 Å². The van der Waals surface area contributed by atoms with Gasteiger partial charge in [0.25, 0.3) is 11.5 Å². The lowest BCUT2D eigenvalue weighted by Crippen LogP contribution is -2.61. The molecule has 37 heavy (non-hydrogen) atoms. The smallest absolute Gasteiger partial charge is 0.261 e. The van der Waals surface area contributed by atoms with Crippen LogP contribution in [0.5, 0.6) is 5.75 Å². The maximum atomic E-state index is 12.7. The number of carbonyl (C=O) groups is 2. The SMILES string of the molecule is Cc1ccc(O)cc1CCC1CN(CC2CC2)C1C1CCc2[nH]c(=O)c(C(=O)NC(C)C(N)=O)cc2C1. The molecule has 5 rings (SSSR count). The highest BCUT2D eigenvalue weighted by atomic mass is 16.3. The maximum absolute atomic E-state index is 12.7. The van der Waals surface area contributed by atoms with Crippen molar-refractivity contribution in [3.63, 3.8) is 0 Å². The van der Waals surface area contributed by atoms with Crippen LogP contribution in [-0.2, 0) is 24.1 Å². The second-order valence-corrected chi connectivity index (χ2v) is 11.4. The van der Waals surface area contributed by atoms with Gasteiger partial charge in [-0.1, -0.05) is 6.07 Å². The summed E-state index contributed by atoms with van der Waals surface area (Å²) in [4.78, 5) is 42.3. The summed E-state index contributed by atoms with van der Waals surface area (Å²) in [5, 5.41) is 12.5. The van der Waals surface area contributed by atoms with E-state index < -0.39 is 23.4 Å². The number of likely N-dealkylation sites (tertiary alicyclic amines) is 1. The number of amides is 2. The quantitative estimate of drug-likeness (QED) is 0.415. The van der Waals surface area contributed by atoms with E-state index in [0.717, 1.165) is 55.8 Å². The molecular weight excluding hydrogens is 468 g/mol. The summed E-state index contributed by atoms with van der Waals surface area (Å²) in [5.74, 6) is 0.984. The molecule has 8 heteroatoms. The van der Waals surface area contributed by atoms with Gasteiger partial charge in [0.1, 0.15) is 17.4 Å². The summed E-state index contributed by atoms with van der Waals surface area (Å²) in [6.07, 6.45) is 7.33. The van der Waals surface area contributed by atoms with E-state index in [1.54, 1.807) is 12.1 Å². The lowest BCUT2D eigenvalue weighted by molar-refractivity contribution is -0.119. The molecule has 3 aliphatic rings. The Morgan fingerprint density at radius 2 is 2.03 bits per heavy atom. The highest BCUT2D eigenvalue weighted by Crippen LogP contribution is 2.42. The van der Waals surface area contributed by atoms with Crippen LogP contribution in [0.2, 0.25) is 0 Å². The average Bonchev–Trinajstić information content (AvgIpc) is 3.66. The molecule has 1 aliphatic heterocycles. The van der Waals surface area contributed by atoms with E-state index in [9.17, 15) is 19.5 Å². The van der Waals surface area contributed by atoms with Gasteiger partial charge < -0.3 is 21.1 Å². The molecule has 2 fully saturated rings. The first kappa shape index (κ1) is 25.5. The Morgan fingerprint density at radius 3 is 2.76 bits per heavy atom. The van der Waals surface area contributed by atoms with Crippen LogP contribution in [0.25, 0.3) is 0 Å². The number of aromatic nitrogens is 1. The van der Waals surface area contributed by atoms with Crippen molar-refractivity contribution in [1.29, 1.82) is 0 Å². The van der Waals surface area contributed by atoms with Gasteiger partial charge in [-0.05, 0) is 111 Å². The second-order valence-electron chi connectivity index (χ2n) is 11.4. The third-order valence-electron chi connectivity index (χ3n) is 8.64. The monoisotopic (exact) mass is 506 g/mol. The number of fused-ring (bicyclic) bond motifs is 1. The Balaban J connectivity index is 1.31. The summed E-state index contributed by atoms with van der Waals surface area (Å²) in [7, 11) is 0. The fraction of sp³-hybridized carbons (Fsp3) is 0.552. The Labute approximate surface area is 217 Å². The third kappa shape index (κ3) is 5.59. The number of benzene rings is 1. The number of nitrogens with two attached hydrogens (primary N) is 1. The van der Waals surface area contributed by atoms with Gasteiger partial charge in [-0.2, -0.15) is 0 Å². The number of nitrogens with one attached hydrogen (secondary N) is 2. The lowest BCUT2D eigenvalue weighted by Gasteiger charge is -2.53. The van der Waals surface area contributed by atoms with E-state index >= 15 is 0 Å². The van der Waals surface area contributed by atoms with Crippen LogP contribution in [0.3, 0.4) is 0 Å². The van der Waals surface area contributed by atoms with Gasteiger partial charge >= 0.3 is 0 Å². The fourth-order valence-corrected chi connectivity index (χ4v) is 6.27. The number of aromatic amines is 1. The predicted molar refractivity (Wildman–Crippen MR) is 141 cm³/mol. The highest BCUT2D eigenvalue weighted by molar-refractivity contribution is 5.97. The molecule has 1 aromatic heterocycles. The largest absolute Gasteiger partial charge is 0.508 e. The number of hydrogen-bond acceptors (Lipinski definition) is 5. The van der Waals surface area contributed by atoms with Crippen LogP contribution >= 0.6 is 0 Å². The molecular formula is C29H38N4O4. The van der Waals surface area contributed by atoms with Crippen LogP contribution in [0.1, 0.15) is 65.3 Å². The van der Waals surface area contributed by atoms with E-state index in [4.69, 9.17) is 5.73 Å². The van der Waals surface area contributed by atoms with Crippen molar-refractivity contribution in [2.24, 2.45) is 23.5 Å². The van der Waals surface area contributed by atoms with Crippen molar-refractivity contribution in [2.45, 2.75) is 70.9 Å². The molecule has 1 aromatic carbocycles. The average molecular weight is 507 g/mol. The summed E-state index contributed by atoms with van der Waals surface area (Å²) in [5.41, 5.74) is 9.25. The molecule has 2 amide bonds. The Hall–Kier alpha value is -3.13. The van der Waals surface area contributed by atoms with E-state index in [1.807, 2.05) is 12.1 Å². The van der Waals surface area contributed by atoms with Crippen LogP contribution in [0.15, 0.2) is 29.1 Å². The number of primary amides is 1. The first-order valence-electron chi connectivity index (χ1n) is 13.6. The summed E-state index contributed by atoms with van der Waals surface area (Å²) < 4.78 is 0. The van der Waals surface area contributed by atoms with Gasteiger partial charge in [-0.15, -0.1) is 0 Å². The molecule has 2 aliphatic carbocycles. The molecule has 8 nitrogen and oxygen atoms in total. The number of H-pyrrole nitrogens is 1. The normalized spacial score (nSPS) is 24.1.